The van der Waals surface area contributed by atoms with Crippen LogP contribution in [0.1, 0.15) is 25.8 Å². The lowest BCUT2D eigenvalue weighted by atomic mass is 10.1. The molecule has 6 heteroatoms. The van der Waals surface area contributed by atoms with Gasteiger partial charge in [0.05, 0.1) is 19.7 Å². The monoisotopic (exact) mass is 332 g/mol. The zero-order chi connectivity index (χ0) is 17.7. The lowest BCUT2D eigenvalue weighted by Gasteiger charge is -2.18. The first-order valence-electron chi connectivity index (χ1n) is 8.09. The molecule has 2 rings (SSSR count). The number of nitrogens with zero attached hydrogens (tertiary/aromatic N) is 1. The molecule has 0 atom stereocenters. The topological polar surface area (TPSA) is 71.6 Å². The number of H-pyrrole nitrogens is 1. The smallest absolute Gasteiger partial charge is 0.251 e. The van der Waals surface area contributed by atoms with E-state index in [4.69, 9.17) is 9.47 Å². The summed E-state index contributed by atoms with van der Waals surface area (Å²) < 4.78 is 10.5. The van der Waals surface area contributed by atoms with Crippen LogP contribution in [0.25, 0.3) is 10.9 Å². The summed E-state index contributed by atoms with van der Waals surface area (Å²) in [5.41, 5.74) is 1.09. The summed E-state index contributed by atoms with van der Waals surface area (Å²) >= 11 is 0. The van der Waals surface area contributed by atoms with E-state index in [2.05, 4.69) is 4.98 Å². The summed E-state index contributed by atoms with van der Waals surface area (Å²) in [6, 6.07) is 5.37. The number of nitrogens with one attached hydrogen (secondary N) is 1. The fourth-order valence-corrected chi connectivity index (χ4v) is 2.74. The van der Waals surface area contributed by atoms with Gasteiger partial charge in [0, 0.05) is 36.5 Å². The molecule has 130 valence electrons. The van der Waals surface area contributed by atoms with E-state index in [0.29, 0.717) is 48.5 Å². The maximum Gasteiger partial charge on any atom is 0.251 e. The number of hydrogen-bond donors (Lipinski definition) is 1. The third-order valence-electron chi connectivity index (χ3n) is 4.15. The van der Waals surface area contributed by atoms with Crippen molar-refractivity contribution in [3.8, 4) is 11.5 Å². The Bertz CT molecular complexity index is 778. The Hall–Kier alpha value is -2.50. The molecule has 0 radical (unpaired) electrons. The molecule has 0 saturated carbocycles. The van der Waals surface area contributed by atoms with E-state index in [1.54, 1.807) is 25.2 Å². The Morgan fingerprint density at radius 3 is 2.29 bits per heavy atom. The number of carbonyl (C=O) groups is 1. The number of aromatic nitrogens is 1. The summed E-state index contributed by atoms with van der Waals surface area (Å²) in [5, 5.41) is 0.845. The van der Waals surface area contributed by atoms with E-state index in [1.165, 1.54) is 0 Å². The number of ether oxygens (including phenoxy) is 2. The minimum atomic E-state index is -0.179. The van der Waals surface area contributed by atoms with Crippen molar-refractivity contribution in [3.63, 3.8) is 0 Å². The van der Waals surface area contributed by atoms with Gasteiger partial charge >= 0.3 is 0 Å². The quantitative estimate of drug-likeness (QED) is 0.845. The summed E-state index contributed by atoms with van der Waals surface area (Å²) in [6.45, 7) is 5.26. The van der Waals surface area contributed by atoms with Crippen LogP contribution in [0.5, 0.6) is 11.5 Å². The van der Waals surface area contributed by atoms with Crippen molar-refractivity contribution in [2.24, 2.45) is 0 Å². The van der Waals surface area contributed by atoms with Crippen LogP contribution in [0.15, 0.2) is 23.0 Å². The molecule has 2 aromatic rings. The molecule has 1 aromatic carbocycles. The van der Waals surface area contributed by atoms with Crippen molar-refractivity contribution in [1.82, 2.24) is 9.88 Å². The van der Waals surface area contributed by atoms with Gasteiger partial charge in [-0.1, -0.05) is 0 Å². The van der Waals surface area contributed by atoms with Gasteiger partial charge in [0.15, 0.2) is 11.5 Å². The Labute approximate surface area is 141 Å². The lowest BCUT2D eigenvalue weighted by Crippen LogP contribution is -2.31. The first kappa shape index (κ1) is 17.8. The van der Waals surface area contributed by atoms with Gasteiger partial charge in [-0.05, 0) is 32.4 Å². The molecule has 6 nitrogen and oxygen atoms in total. The van der Waals surface area contributed by atoms with Gasteiger partial charge in [-0.25, -0.2) is 0 Å². The third kappa shape index (κ3) is 3.69. The van der Waals surface area contributed by atoms with Crippen LogP contribution in [0.3, 0.4) is 0 Å². The summed E-state index contributed by atoms with van der Waals surface area (Å²) in [4.78, 5) is 29.0. The SMILES string of the molecule is CCN(CC)C(=O)CCc1cc2cc(OC)c(OC)cc2[nH]c1=O. The predicted octanol–water partition coefficient (Wildman–Crippen LogP) is 2.35. The van der Waals surface area contributed by atoms with Crippen LogP contribution < -0.4 is 15.0 Å². The molecule has 1 aromatic heterocycles. The van der Waals surface area contributed by atoms with E-state index in [-0.39, 0.29) is 11.5 Å². The maximum absolute atomic E-state index is 12.3. The highest BCUT2D eigenvalue weighted by Crippen LogP contribution is 2.31. The van der Waals surface area contributed by atoms with Crippen molar-refractivity contribution in [2.75, 3.05) is 27.3 Å². The number of benzene rings is 1. The number of fused-ring (bicyclic) bond motifs is 1. The van der Waals surface area contributed by atoms with E-state index in [9.17, 15) is 9.59 Å². The molecule has 0 bridgehead atoms. The fraction of sp³-hybridized carbons (Fsp3) is 0.444. The Morgan fingerprint density at radius 1 is 1.08 bits per heavy atom. The van der Waals surface area contributed by atoms with Gasteiger partial charge in [0.2, 0.25) is 5.91 Å². The van der Waals surface area contributed by atoms with E-state index >= 15 is 0 Å². The highest BCUT2D eigenvalue weighted by Gasteiger charge is 2.13. The second kappa shape index (κ2) is 7.86. The van der Waals surface area contributed by atoms with Crippen LogP contribution in [0, 0.1) is 0 Å². The van der Waals surface area contributed by atoms with Gasteiger partial charge in [-0.2, -0.15) is 0 Å². The molecule has 0 aliphatic carbocycles. The van der Waals surface area contributed by atoms with Crippen LogP contribution >= 0.6 is 0 Å². The average molecular weight is 332 g/mol. The van der Waals surface area contributed by atoms with Crippen LogP contribution in [0.2, 0.25) is 0 Å². The van der Waals surface area contributed by atoms with Crippen LogP contribution in [-0.2, 0) is 11.2 Å². The Kier molecular flexibility index (Phi) is 5.84. The molecule has 1 amide bonds. The molecule has 0 unspecified atom stereocenters. The second-order valence-corrected chi connectivity index (χ2v) is 5.48. The normalized spacial score (nSPS) is 10.7. The first-order chi connectivity index (χ1) is 11.5. The Balaban J connectivity index is 2.30. The molecule has 24 heavy (non-hydrogen) atoms. The lowest BCUT2D eigenvalue weighted by molar-refractivity contribution is -0.130. The number of amides is 1. The van der Waals surface area contributed by atoms with Crippen molar-refractivity contribution >= 4 is 16.8 Å². The van der Waals surface area contributed by atoms with Gasteiger partial charge in [0.1, 0.15) is 0 Å². The summed E-state index contributed by atoms with van der Waals surface area (Å²) in [7, 11) is 3.12. The van der Waals surface area contributed by atoms with Crippen LogP contribution in [-0.4, -0.2) is 43.1 Å². The zero-order valence-corrected chi connectivity index (χ0v) is 14.6. The largest absolute Gasteiger partial charge is 0.493 e. The van der Waals surface area contributed by atoms with E-state index in [1.807, 2.05) is 26.0 Å². The van der Waals surface area contributed by atoms with Gasteiger partial charge < -0.3 is 19.4 Å². The van der Waals surface area contributed by atoms with Crippen molar-refractivity contribution < 1.29 is 14.3 Å². The number of rotatable bonds is 7. The van der Waals surface area contributed by atoms with Crippen molar-refractivity contribution in [2.45, 2.75) is 26.7 Å². The second-order valence-electron chi connectivity index (χ2n) is 5.48. The number of aryl methyl sites for hydroxylation is 1. The standard InChI is InChI=1S/C18H24N2O4/c1-5-20(6-2)17(21)8-7-12-9-13-10-15(23-3)16(24-4)11-14(13)19-18(12)22/h9-11H,5-8H2,1-4H3,(H,19,22). The number of carbonyl (C=O) groups excluding carboxylic acids is 1. The number of hydrogen-bond acceptors (Lipinski definition) is 4. The fourth-order valence-electron chi connectivity index (χ4n) is 2.74. The maximum atomic E-state index is 12.3. The first-order valence-corrected chi connectivity index (χ1v) is 8.09. The van der Waals surface area contributed by atoms with Crippen LogP contribution in [0.4, 0.5) is 0 Å². The average Bonchev–Trinajstić information content (AvgIpc) is 2.59. The van der Waals surface area contributed by atoms with Gasteiger partial charge in [-0.15, -0.1) is 0 Å². The highest BCUT2D eigenvalue weighted by molar-refractivity contribution is 5.83. The van der Waals surface area contributed by atoms with Gasteiger partial charge in [0.25, 0.3) is 5.56 Å². The minimum Gasteiger partial charge on any atom is -0.493 e. The van der Waals surface area contributed by atoms with E-state index < -0.39 is 0 Å². The van der Waals surface area contributed by atoms with Crippen molar-refractivity contribution in [1.29, 1.82) is 0 Å². The zero-order valence-electron chi connectivity index (χ0n) is 14.6. The number of aromatic amines is 1. The molecular formula is C18H24N2O4. The molecule has 1 N–H and O–H groups in total. The molecule has 0 spiro atoms. The number of pyridine rings is 1. The third-order valence-corrected chi connectivity index (χ3v) is 4.15. The summed E-state index contributed by atoms with van der Waals surface area (Å²) in [5.74, 6) is 1.22. The van der Waals surface area contributed by atoms with Crippen molar-refractivity contribution in [3.05, 3.63) is 34.1 Å². The highest BCUT2D eigenvalue weighted by atomic mass is 16.5. The predicted molar refractivity (Wildman–Crippen MR) is 93.9 cm³/mol. The van der Waals surface area contributed by atoms with Gasteiger partial charge in [-0.3, -0.25) is 9.59 Å². The molecule has 0 fully saturated rings. The molecule has 0 saturated heterocycles. The number of methoxy groups -OCH3 is 2. The minimum absolute atomic E-state index is 0.0619. The molecule has 1 heterocycles. The molecule has 0 aliphatic rings. The Morgan fingerprint density at radius 2 is 1.71 bits per heavy atom. The molecule has 0 aliphatic heterocycles. The molecular weight excluding hydrogens is 308 g/mol. The van der Waals surface area contributed by atoms with E-state index in [0.717, 1.165) is 5.39 Å². The summed E-state index contributed by atoms with van der Waals surface area (Å²) in [6.07, 6.45) is 0.735.